The summed E-state index contributed by atoms with van der Waals surface area (Å²) >= 11 is 1.10. The Hall–Kier alpha value is -3.11. The van der Waals surface area contributed by atoms with Crippen molar-refractivity contribution in [2.45, 2.75) is 42.2 Å². The molecule has 1 fully saturated rings. The van der Waals surface area contributed by atoms with Gasteiger partial charge in [0.1, 0.15) is 28.2 Å². The fourth-order valence-electron chi connectivity index (χ4n) is 3.67. The predicted molar refractivity (Wildman–Crippen MR) is 118 cm³/mol. The SMILES string of the molecule is CCc1c(C#N)c(SC(C(N)=O)c2ccccc2)nc(N2CC[C@@H](N)[C@H](O)C2)c1C#N. The molecular formula is C22H24N6O2S. The summed E-state index contributed by atoms with van der Waals surface area (Å²) in [5, 5.41) is 29.5. The van der Waals surface area contributed by atoms with Crippen molar-refractivity contribution in [2.75, 3.05) is 18.0 Å². The van der Waals surface area contributed by atoms with Crippen LogP contribution in [0.2, 0.25) is 0 Å². The molecule has 0 radical (unpaired) electrons. The average molecular weight is 437 g/mol. The van der Waals surface area contributed by atoms with E-state index in [1.165, 1.54) is 0 Å². The van der Waals surface area contributed by atoms with Crippen LogP contribution >= 0.6 is 11.8 Å². The monoisotopic (exact) mass is 436 g/mol. The Morgan fingerprint density at radius 2 is 2.00 bits per heavy atom. The topological polar surface area (TPSA) is 153 Å². The van der Waals surface area contributed by atoms with Gasteiger partial charge in [-0.05, 0) is 24.0 Å². The molecule has 1 aromatic carbocycles. The van der Waals surface area contributed by atoms with Crippen molar-refractivity contribution >= 4 is 23.5 Å². The number of hydrogen-bond acceptors (Lipinski definition) is 8. The van der Waals surface area contributed by atoms with Crippen molar-refractivity contribution in [3.05, 3.63) is 52.6 Å². The van der Waals surface area contributed by atoms with Gasteiger partial charge in [0.15, 0.2) is 0 Å². The molecule has 1 aliphatic rings. The van der Waals surface area contributed by atoms with Gasteiger partial charge in [-0.1, -0.05) is 49.0 Å². The van der Waals surface area contributed by atoms with E-state index in [4.69, 9.17) is 11.5 Å². The van der Waals surface area contributed by atoms with Crippen molar-refractivity contribution in [1.82, 2.24) is 4.98 Å². The third kappa shape index (κ3) is 4.64. The second-order valence-corrected chi connectivity index (χ2v) is 8.42. The maximum Gasteiger partial charge on any atom is 0.235 e. The Labute approximate surface area is 185 Å². The number of aliphatic hydroxyl groups excluding tert-OH is 1. The molecule has 3 rings (SSSR count). The van der Waals surface area contributed by atoms with E-state index in [2.05, 4.69) is 17.1 Å². The van der Waals surface area contributed by atoms with Crippen LogP contribution in [0.3, 0.4) is 0 Å². The van der Waals surface area contributed by atoms with Gasteiger partial charge in [0.2, 0.25) is 5.91 Å². The van der Waals surface area contributed by atoms with Gasteiger partial charge < -0.3 is 21.5 Å². The summed E-state index contributed by atoms with van der Waals surface area (Å²) in [6.07, 6.45) is 0.240. The van der Waals surface area contributed by atoms with E-state index >= 15 is 0 Å². The smallest absolute Gasteiger partial charge is 0.235 e. The molecule has 1 saturated heterocycles. The second-order valence-electron chi connectivity index (χ2n) is 7.32. The Kier molecular flexibility index (Phi) is 7.13. The standard InChI is InChI=1S/C22H24N6O2S/c1-2-14-15(10-23)21(28-9-8-17(25)18(29)12-28)27-22(16(14)11-24)31-19(20(26)30)13-6-4-3-5-7-13/h3-7,17-19,29H,2,8-9,12,25H2,1H3,(H2,26,30)/t17-,18-,19?/m1/s1. The van der Waals surface area contributed by atoms with Crippen molar-refractivity contribution in [2.24, 2.45) is 11.5 Å². The molecule has 1 aromatic heterocycles. The molecule has 0 saturated carbocycles. The molecule has 1 amide bonds. The first-order valence-corrected chi connectivity index (χ1v) is 10.9. The molecule has 0 spiro atoms. The number of β-amino-alcohol motifs (C(OH)–C–C–N with tert-alkyl or cyclic N) is 1. The number of nitriles is 2. The van der Waals surface area contributed by atoms with Crippen LogP contribution in [-0.4, -0.2) is 41.2 Å². The van der Waals surface area contributed by atoms with Gasteiger partial charge in [0.25, 0.3) is 0 Å². The van der Waals surface area contributed by atoms with Crippen LogP contribution < -0.4 is 16.4 Å². The molecule has 31 heavy (non-hydrogen) atoms. The lowest BCUT2D eigenvalue weighted by Gasteiger charge is -2.35. The van der Waals surface area contributed by atoms with Gasteiger partial charge in [-0.2, -0.15) is 10.5 Å². The Morgan fingerprint density at radius 3 is 2.55 bits per heavy atom. The summed E-state index contributed by atoms with van der Waals surface area (Å²) in [6, 6.07) is 13.0. The Morgan fingerprint density at radius 1 is 1.32 bits per heavy atom. The molecule has 3 atom stereocenters. The molecule has 0 bridgehead atoms. The van der Waals surface area contributed by atoms with Crippen LogP contribution in [0.25, 0.3) is 0 Å². The predicted octanol–water partition coefficient (Wildman–Crippen LogP) is 1.60. The third-order valence-electron chi connectivity index (χ3n) is 5.35. The van der Waals surface area contributed by atoms with Crippen molar-refractivity contribution < 1.29 is 9.90 Å². The largest absolute Gasteiger partial charge is 0.390 e. The van der Waals surface area contributed by atoms with Crippen molar-refractivity contribution in [1.29, 1.82) is 10.5 Å². The van der Waals surface area contributed by atoms with Crippen LogP contribution in [0.5, 0.6) is 0 Å². The first-order valence-electron chi connectivity index (χ1n) is 9.97. The Bertz CT molecular complexity index is 1050. The number of piperidine rings is 1. The van der Waals surface area contributed by atoms with Crippen LogP contribution in [0.1, 0.15) is 40.8 Å². The number of pyridine rings is 1. The minimum atomic E-state index is -0.749. The number of carbonyl (C=O) groups is 1. The average Bonchev–Trinajstić information content (AvgIpc) is 2.78. The lowest BCUT2D eigenvalue weighted by Crippen LogP contribution is -2.51. The van der Waals surface area contributed by atoms with Gasteiger partial charge >= 0.3 is 0 Å². The highest BCUT2D eigenvalue weighted by atomic mass is 32.2. The van der Waals surface area contributed by atoms with Gasteiger partial charge in [0.05, 0.1) is 17.2 Å². The molecule has 2 heterocycles. The number of anilines is 1. The fraction of sp³-hybridized carbons (Fsp3) is 0.364. The van der Waals surface area contributed by atoms with Crippen LogP contribution in [0, 0.1) is 22.7 Å². The third-order valence-corrected chi connectivity index (χ3v) is 6.61. The summed E-state index contributed by atoms with van der Waals surface area (Å²) in [5.41, 5.74) is 13.4. The number of rotatable bonds is 6. The number of nitrogens with two attached hydrogens (primary N) is 2. The maximum atomic E-state index is 12.2. The zero-order valence-electron chi connectivity index (χ0n) is 17.2. The number of amides is 1. The second kappa shape index (κ2) is 9.80. The van der Waals surface area contributed by atoms with Gasteiger partial charge in [-0.25, -0.2) is 4.98 Å². The van der Waals surface area contributed by atoms with Crippen LogP contribution in [-0.2, 0) is 11.2 Å². The summed E-state index contributed by atoms with van der Waals surface area (Å²) in [6.45, 7) is 2.62. The number of carbonyl (C=O) groups excluding carboxylic acids is 1. The van der Waals surface area contributed by atoms with Crippen molar-refractivity contribution in [3.63, 3.8) is 0 Å². The maximum absolute atomic E-state index is 12.2. The molecule has 160 valence electrons. The molecule has 1 unspecified atom stereocenters. The van der Waals surface area contributed by atoms with E-state index in [0.717, 1.165) is 11.8 Å². The number of nitrogens with zero attached hydrogens (tertiary/aromatic N) is 4. The van der Waals surface area contributed by atoms with E-state index < -0.39 is 17.3 Å². The van der Waals surface area contributed by atoms with Gasteiger partial charge in [-0.3, -0.25) is 4.79 Å². The number of aromatic nitrogens is 1. The molecule has 9 heteroatoms. The van der Waals surface area contributed by atoms with E-state index in [1.54, 1.807) is 12.1 Å². The zero-order chi connectivity index (χ0) is 22.5. The Balaban J connectivity index is 2.12. The molecular weight excluding hydrogens is 412 g/mol. The first kappa shape index (κ1) is 22.6. The summed E-state index contributed by atoms with van der Waals surface area (Å²) in [4.78, 5) is 18.7. The number of thioether (sulfide) groups is 1. The summed E-state index contributed by atoms with van der Waals surface area (Å²) in [5.74, 6) is -0.159. The van der Waals surface area contributed by atoms with Crippen molar-refractivity contribution in [3.8, 4) is 12.1 Å². The highest BCUT2D eigenvalue weighted by molar-refractivity contribution is 8.00. The van der Waals surface area contributed by atoms with E-state index in [1.807, 2.05) is 30.0 Å². The van der Waals surface area contributed by atoms with Gasteiger partial charge in [0, 0.05) is 19.1 Å². The quantitative estimate of drug-likeness (QED) is 0.577. The van der Waals surface area contributed by atoms with Crippen LogP contribution in [0.15, 0.2) is 35.4 Å². The molecule has 1 aliphatic heterocycles. The van der Waals surface area contributed by atoms with E-state index in [-0.39, 0.29) is 18.2 Å². The minimum Gasteiger partial charge on any atom is -0.390 e. The molecule has 8 nitrogen and oxygen atoms in total. The molecule has 5 N–H and O–H groups in total. The number of hydrogen-bond donors (Lipinski definition) is 3. The fourth-order valence-corrected chi connectivity index (χ4v) is 4.73. The summed E-state index contributed by atoms with van der Waals surface area (Å²) in [7, 11) is 0. The molecule has 2 aromatic rings. The van der Waals surface area contributed by atoms with E-state index in [9.17, 15) is 20.4 Å². The van der Waals surface area contributed by atoms with Crippen LogP contribution in [0.4, 0.5) is 5.82 Å². The van der Waals surface area contributed by atoms with E-state index in [0.29, 0.717) is 46.9 Å². The van der Waals surface area contributed by atoms with Gasteiger partial charge in [-0.15, -0.1) is 0 Å². The molecule has 0 aliphatic carbocycles. The lowest BCUT2D eigenvalue weighted by molar-refractivity contribution is -0.117. The normalized spacial score (nSPS) is 19.3. The number of primary amides is 1. The highest BCUT2D eigenvalue weighted by Gasteiger charge is 2.31. The zero-order valence-corrected chi connectivity index (χ0v) is 18.0. The minimum absolute atomic E-state index is 0.236. The first-order chi connectivity index (χ1) is 14.9. The lowest BCUT2D eigenvalue weighted by atomic mass is 9.99. The summed E-state index contributed by atoms with van der Waals surface area (Å²) < 4.78 is 0. The number of benzene rings is 1. The highest BCUT2D eigenvalue weighted by Crippen LogP contribution is 2.39. The number of aliphatic hydroxyl groups is 1.